The molecule has 2 aromatic carbocycles. The summed E-state index contributed by atoms with van der Waals surface area (Å²) in [5.74, 6) is -3.53. The van der Waals surface area contributed by atoms with Crippen LogP contribution in [0.5, 0.6) is 5.75 Å². The number of carbonyl (C=O) groups excluding carboxylic acids is 1. The molecule has 3 rings (SSSR count). The van der Waals surface area contributed by atoms with Gasteiger partial charge in [-0.2, -0.15) is 0 Å². The second-order valence-electron chi connectivity index (χ2n) is 6.29. The number of hydrogen-bond donors (Lipinski definition) is 2. The molecule has 156 valence electrons. The predicted molar refractivity (Wildman–Crippen MR) is 107 cm³/mol. The molecule has 9 heteroatoms. The van der Waals surface area contributed by atoms with Crippen molar-refractivity contribution in [2.45, 2.75) is 19.4 Å². The lowest BCUT2D eigenvalue weighted by molar-refractivity contribution is -0.142. The monoisotopic (exact) mass is 432 g/mol. The van der Waals surface area contributed by atoms with Crippen LogP contribution in [0.4, 0.5) is 8.78 Å². The van der Waals surface area contributed by atoms with Gasteiger partial charge in [-0.05, 0) is 48.9 Å². The fraction of sp³-hybridized carbons (Fsp3) is 0.190. The molecule has 1 atom stereocenters. The number of rotatable bonds is 8. The summed E-state index contributed by atoms with van der Waals surface area (Å²) in [6, 6.07) is 8.55. The Hall–Kier alpha value is -3.33. The van der Waals surface area contributed by atoms with E-state index < -0.39 is 29.6 Å². The summed E-state index contributed by atoms with van der Waals surface area (Å²) in [7, 11) is 0. The lowest BCUT2D eigenvalue weighted by Crippen LogP contribution is -2.34. The van der Waals surface area contributed by atoms with Gasteiger partial charge < -0.3 is 15.2 Å². The van der Waals surface area contributed by atoms with Gasteiger partial charge in [0.25, 0.3) is 0 Å². The SMILES string of the molecule is CCOc1ccc(-c2nc(CC(=O)NC(C(=O)O)c3ccc(F)c(F)c3)cs2)cc1. The molecule has 6 nitrogen and oxygen atoms in total. The first-order valence-corrected chi connectivity index (χ1v) is 9.90. The van der Waals surface area contributed by atoms with Gasteiger partial charge in [0.2, 0.25) is 5.91 Å². The number of nitrogens with one attached hydrogen (secondary N) is 1. The minimum atomic E-state index is -1.50. The van der Waals surface area contributed by atoms with Crippen molar-refractivity contribution in [1.82, 2.24) is 10.3 Å². The van der Waals surface area contributed by atoms with Gasteiger partial charge >= 0.3 is 5.97 Å². The van der Waals surface area contributed by atoms with Crippen LogP contribution in [0.3, 0.4) is 0 Å². The highest BCUT2D eigenvalue weighted by Gasteiger charge is 2.23. The van der Waals surface area contributed by atoms with Gasteiger partial charge in [0.05, 0.1) is 18.7 Å². The van der Waals surface area contributed by atoms with Gasteiger partial charge in [0.1, 0.15) is 10.8 Å². The highest BCUT2D eigenvalue weighted by Crippen LogP contribution is 2.26. The van der Waals surface area contributed by atoms with E-state index in [1.165, 1.54) is 11.3 Å². The van der Waals surface area contributed by atoms with Gasteiger partial charge in [0.15, 0.2) is 17.7 Å². The van der Waals surface area contributed by atoms with Crippen molar-refractivity contribution in [3.8, 4) is 16.3 Å². The van der Waals surface area contributed by atoms with Crippen LogP contribution >= 0.6 is 11.3 Å². The minimum absolute atomic E-state index is 0.0666. The molecular weight excluding hydrogens is 414 g/mol. The topological polar surface area (TPSA) is 88.5 Å². The van der Waals surface area contributed by atoms with Crippen LogP contribution in [0.15, 0.2) is 47.8 Å². The molecule has 1 heterocycles. The summed E-state index contributed by atoms with van der Waals surface area (Å²) in [5, 5.41) is 14.1. The Morgan fingerprint density at radius 2 is 1.90 bits per heavy atom. The van der Waals surface area contributed by atoms with Crippen molar-refractivity contribution in [2.24, 2.45) is 0 Å². The summed E-state index contributed by atoms with van der Waals surface area (Å²) in [4.78, 5) is 28.2. The number of carbonyl (C=O) groups is 2. The number of ether oxygens (including phenoxy) is 1. The zero-order valence-corrected chi connectivity index (χ0v) is 16.7. The smallest absolute Gasteiger partial charge is 0.330 e. The molecule has 0 saturated carbocycles. The fourth-order valence-corrected chi connectivity index (χ4v) is 3.56. The van der Waals surface area contributed by atoms with Crippen molar-refractivity contribution >= 4 is 23.2 Å². The maximum absolute atomic E-state index is 13.4. The molecule has 0 fully saturated rings. The third kappa shape index (κ3) is 5.18. The van der Waals surface area contributed by atoms with Crippen LogP contribution in [0.1, 0.15) is 24.2 Å². The number of carboxylic acid groups (broad SMARTS) is 1. The third-order valence-corrected chi connectivity index (χ3v) is 5.08. The Balaban J connectivity index is 1.68. The molecule has 0 aliphatic carbocycles. The average Bonchev–Trinajstić information content (AvgIpc) is 3.17. The minimum Gasteiger partial charge on any atom is -0.494 e. The normalized spacial score (nSPS) is 11.7. The van der Waals surface area contributed by atoms with Gasteiger partial charge in [-0.25, -0.2) is 18.6 Å². The lowest BCUT2D eigenvalue weighted by Gasteiger charge is -2.14. The Labute approximate surface area is 175 Å². The molecule has 3 aromatic rings. The molecular formula is C21H18F2N2O4S. The van der Waals surface area contributed by atoms with Crippen LogP contribution < -0.4 is 10.1 Å². The first-order valence-electron chi connectivity index (χ1n) is 9.02. The van der Waals surface area contributed by atoms with Crippen LogP contribution in [0.25, 0.3) is 10.6 Å². The first-order chi connectivity index (χ1) is 14.4. The number of aromatic nitrogens is 1. The van der Waals surface area contributed by atoms with Crippen LogP contribution in [0, 0.1) is 11.6 Å². The second kappa shape index (κ2) is 9.45. The molecule has 0 saturated heterocycles. The fourth-order valence-electron chi connectivity index (χ4n) is 2.74. The van der Waals surface area contributed by atoms with Crippen molar-refractivity contribution in [1.29, 1.82) is 0 Å². The van der Waals surface area contributed by atoms with E-state index in [4.69, 9.17) is 4.74 Å². The number of carboxylic acids is 1. The van der Waals surface area contributed by atoms with E-state index in [0.29, 0.717) is 17.3 Å². The summed E-state index contributed by atoms with van der Waals surface area (Å²) in [6.07, 6.45) is -0.152. The third-order valence-electron chi connectivity index (χ3n) is 4.13. The first kappa shape index (κ1) is 21.4. The zero-order chi connectivity index (χ0) is 21.7. The maximum atomic E-state index is 13.4. The van der Waals surface area contributed by atoms with Crippen molar-refractivity contribution in [3.05, 3.63) is 70.7 Å². The van der Waals surface area contributed by atoms with Gasteiger partial charge in [-0.3, -0.25) is 4.79 Å². The number of hydrogen-bond acceptors (Lipinski definition) is 5. The maximum Gasteiger partial charge on any atom is 0.330 e. The van der Waals surface area contributed by atoms with Gasteiger partial charge in [-0.1, -0.05) is 6.07 Å². The highest BCUT2D eigenvalue weighted by molar-refractivity contribution is 7.13. The summed E-state index contributed by atoms with van der Waals surface area (Å²) in [6.45, 7) is 2.46. The molecule has 0 aliphatic rings. The second-order valence-corrected chi connectivity index (χ2v) is 7.15. The molecule has 30 heavy (non-hydrogen) atoms. The largest absolute Gasteiger partial charge is 0.494 e. The molecule has 1 aromatic heterocycles. The predicted octanol–water partition coefficient (Wildman–Crippen LogP) is 3.97. The molecule has 0 bridgehead atoms. The highest BCUT2D eigenvalue weighted by atomic mass is 32.1. The molecule has 1 unspecified atom stereocenters. The van der Waals surface area contributed by atoms with E-state index >= 15 is 0 Å². The Kier molecular flexibility index (Phi) is 6.73. The quantitative estimate of drug-likeness (QED) is 0.562. The zero-order valence-electron chi connectivity index (χ0n) is 15.9. The summed E-state index contributed by atoms with van der Waals surface area (Å²) < 4.78 is 31.9. The standard InChI is InChI=1S/C21H18F2N2O4S/c1-2-29-15-6-3-12(4-7-15)20-24-14(11-30-20)10-18(26)25-19(21(27)28)13-5-8-16(22)17(23)9-13/h3-9,11,19H,2,10H2,1H3,(H,25,26)(H,27,28). The van der Waals surface area contributed by atoms with E-state index in [9.17, 15) is 23.5 Å². The van der Waals surface area contributed by atoms with Crippen molar-refractivity contribution < 1.29 is 28.2 Å². The molecule has 2 N–H and O–H groups in total. The number of benzene rings is 2. The Bertz CT molecular complexity index is 1050. The summed E-state index contributed by atoms with van der Waals surface area (Å²) >= 11 is 1.35. The van der Waals surface area contributed by atoms with Gasteiger partial charge in [-0.15, -0.1) is 11.3 Å². The van der Waals surface area contributed by atoms with E-state index in [2.05, 4.69) is 10.3 Å². The molecule has 1 amide bonds. The average molecular weight is 432 g/mol. The number of thiazole rings is 1. The number of aliphatic carboxylic acids is 1. The van der Waals surface area contributed by atoms with E-state index in [1.807, 2.05) is 31.2 Å². The number of amides is 1. The molecule has 0 radical (unpaired) electrons. The number of halogens is 2. The van der Waals surface area contributed by atoms with E-state index in [-0.39, 0.29) is 12.0 Å². The number of nitrogens with zero attached hydrogens (tertiary/aromatic N) is 1. The van der Waals surface area contributed by atoms with Crippen LogP contribution in [-0.4, -0.2) is 28.6 Å². The van der Waals surface area contributed by atoms with Crippen molar-refractivity contribution in [3.63, 3.8) is 0 Å². The molecule has 0 spiro atoms. The van der Waals surface area contributed by atoms with E-state index in [0.717, 1.165) is 29.5 Å². The van der Waals surface area contributed by atoms with E-state index in [1.54, 1.807) is 5.38 Å². The van der Waals surface area contributed by atoms with Crippen LogP contribution in [-0.2, 0) is 16.0 Å². The molecule has 0 aliphatic heterocycles. The lowest BCUT2D eigenvalue weighted by atomic mass is 10.1. The van der Waals surface area contributed by atoms with Gasteiger partial charge in [0, 0.05) is 10.9 Å². The van der Waals surface area contributed by atoms with Crippen LogP contribution in [0.2, 0.25) is 0 Å². The van der Waals surface area contributed by atoms with Crippen molar-refractivity contribution in [2.75, 3.05) is 6.61 Å². The Morgan fingerprint density at radius 1 is 1.17 bits per heavy atom. The Morgan fingerprint density at radius 3 is 2.53 bits per heavy atom. The summed E-state index contributed by atoms with van der Waals surface area (Å²) in [5.41, 5.74) is 1.26.